The van der Waals surface area contributed by atoms with Crippen LogP contribution in [0.2, 0.25) is 10.3 Å². The number of hydrogen-bond acceptors (Lipinski definition) is 6. The van der Waals surface area contributed by atoms with Crippen molar-refractivity contribution in [1.29, 1.82) is 0 Å². The van der Waals surface area contributed by atoms with Gasteiger partial charge in [-0.2, -0.15) is 0 Å². The number of para-hydroxylation sites is 1. The van der Waals surface area contributed by atoms with Crippen LogP contribution in [-0.2, 0) is 24.3 Å². The Kier molecular flexibility index (Phi) is 7.51. The summed E-state index contributed by atoms with van der Waals surface area (Å²) in [6.45, 7) is 1.53. The summed E-state index contributed by atoms with van der Waals surface area (Å²) in [6, 6.07) is 17.4. The Labute approximate surface area is 236 Å². The average Bonchev–Trinajstić information content (AvgIpc) is 3.62. The number of halogens is 2. The lowest BCUT2D eigenvalue weighted by atomic mass is 10.0. The Morgan fingerprint density at radius 3 is 2.49 bits per heavy atom. The molecule has 5 aromatic rings. The first-order valence-electron chi connectivity index (χ1n) is 11.9. The van der Waals surface area contributed by atoms with E-state index in [2.05, 4.69) is 15.5 Å². The molecular formula is C27H21Cl2N5O4S. The number of amides is 1. The standard InChI is InChI=1S/C27H21Cl2N5O4S/c1-2-16-12-18(24(37)17-8-4-5-9-19(17)28)26(39-16)34-22(31-32-27(34)29)13-30-25(38)21-11-15-7-3-6-10-20(15)33(21)14-23(35)36/h3-12H,2,13-14H2,1H3,(H,30,38)(H,35,36). The monoisotopic (exact) mass is 581 g/mol. The minimum absolute atomic E-state index is 0.0250. The molecule has 0 unspecified atom stereocenters. The first-order chi connectivity index (χ1) is 18.8. The van der Waals surface area contributed by atoms with Gasteiger partial charge in [0, 0.05) is 21.3 Å². The largest absolute Gasteiger partial charge is 0.480 e. The third-order valence-electron chi connectivity index (χ3n) is 6.11. The van der Waals surface area contributed by atoms with Crippen molar-refractivity contribution >= 4 is 63.1 Å². The molecule has 0 aliphatic carbocycles. The van der Waals surface area contributed by atoms with E-state index < -0.39 is 11.9 Å². The lowest BCUT2D eigenvalue weighted by Gasteiger charge is -2.11. The number of nitrogens with zero attached hydrogens (tertiary/aromatic N) is 4. The number of nitrogens with one attached hydrogen (secondary N) is 1. The Morgan fingerprint density at radius 2 is 1.74 bits per heavy atom. The number of aromatic nitrogens is 4. The molecule has 0 atom stereocenters. The molecule has 198 valence electrons. The summed E-state index contributed by atoms with van der Waals surface area (Å²) >= 11 is 14.1. The molecule has 2 aromatic carbocycles. The molecule has 9 nitrogen and oxygen atoms in total. The molecule has 2 N–H and O–H groups in total. The van der Waals surface area contributed by atoms with Crippen molar-refractivity contribution < 1.29 is 19.5 Å². The van der Waals surface area contributed by atoms with Gasteiger partial charge in [-0.3, -0.25) is 19.0 Å². The van der Waals surface area contributed by atoms with Crippen LogP contribution in [-0.4, -0.2) is 42.1 Å². The van der Waals surface area contributed by atoms with Crippen LogP contribution < -0.4 is 5.32 Å². The molecule has 39 heavy (non-hydrogen) atoms. The van der Waals surface area contributed by atoms with Crippen molar-refractivity contribution in [1.82, 2.24) is 24.6 Å². The molecule has 0 saturated heterocycles. The van der Waals surface area contributed by atoms with Gasteiger partial charge < -0.3 is 15.0 Å². The van der Waals surface area contributed by atoms with Gasteiger partial charge in [0.15, 0.2) is 11.6 Å². The van der Waals surface area contributed by atoms with Gasteiger partial charge in [-0.05, 0) is 48.4 Å². The average molecular weight is 582 g/mol. The number of thiophene rings is 1. The van der Waals surface area contributed by atoms with Crippen molar-refractivity contribution in [3.8, 4) is 5.00 Å². The highest BCUT2D eigenvalue weighted by molar-refractivity contribution is 7.15. The van der Waals surface area contributed by atoms with E-state index in [-0.39, 0.29) is 29.9 Å². The zero-order valence-corrected chi connectivity index (χ0v) is 22.8. The van der Waals surface area contributed by atoms with Gasteiger partial charge in [-0.15, -0.1) is 21.5 Å². The second-order valence-corrected chi connectivity index (χ2v) is 10.4. The summed E-state index contributed by atoms with van der Waals surface area (Å²) in [6.07, 6.45) is 0.688. The highest BCUT2D eigenvalue weighted by atomic mass is 35.5. The van der Waals surface area contributed by atoms with E-state index in [1.54, 1.807) is 54.6 Å². The molecule has 0 aliphatic rings. The van der Waals surface area contributed by atoms with Crippen LogP contribution in [0, 0.1) is 0 Å². The first kappa shape index (κ1) is 26.6. The third-order valence-corrected chi connectivity index (χ3v) is 7.95. The molecular weight excluding hydrogens is 561 g/mol. The van der Waals surface area contributed by atoms with E-state index in [1.807, 2.05) is 13.0 Å². The van der Waals surface area contributed by atoms with Crippen molar-refractivity contribution in [3.63, 3.8) is 0 Å². The summed E-state index contributed by atoms with van der Waals surface area (Å²) in [7, 11) is 0. The van der Waals surface area contributed by atoms with Crippen molar-refractivity contribution in [2.24, 2.45) is 0 Å². The van der Waals surface area contributed by atoms with E-state index in [0.29, 0.717) is 38.9 Å². The number of aliphatic carboxylic acids is 1. The van der Waals surface area contributed by atoms with Gasteiger partial charge >= 0.3 is 5.97 Å². The number of benzene rings is 2. The number of carbonyl (C=O) groups excluding carboxylic acids is 2. The van der Waals surface area contributed by atoms with Crippen molar-refractivity contribution in [3.05, 3.63) is 98.5 Å². The van der Waals surface area contributed by atoms with Gasteiger partial charge in [-0.25, -0.2) is 0 Å². The first-order valence-corrected chi connectivity index (χ1v) is 13.5. The Balaban J connectivity index is 1.48. The lowest BCUT2D eigenvalue weighted by molar-refractivity contribution is -0.137. The Morgan fingerprint density at radius 1 is 1.00 bits per heavy atom. The summed E-state index contributed by atoms with van der Waals surface area (Å²) in [4.78, 5) is 39.1. The second-order valence-electron chi connectivity index (χ2n) is 8.57. The van der Waals surface area contributed by atoms with Gasteiger partial charge in [0.05, 0.1) is 17.1 Å². The van der Waals surface area contributed by atoms with E-state index in [1.165, 1.54) is 20.5 Å². The van der Waals surface area contributed by atoms with Gasteiger partial charge in [-0.1, -0.05) is 48.9 Å². The zero-order valence-electron chi connectivity index (χ0n) is 20.5. The number of carboxylic acids is 1. The van der Waals surface area contributed by atoms with Crippen LogP contribution >= 0.6 is 34.5 Å². The maximum absolute atomic E-state index is 13.5. The van der Waals surface area contributed by atoms with Crippen LogP contribution in [0.5, 0.6) is 0 Å². The fourth-order valence-electron chi connectivity index (χ4n) is 4.29. The molecule has 5 rings (SSSR count). The molecule has 1 amide bonds. The lowest BCUT2D eigenvalue weighted by Crippen LogP contribution is -2.27. The molecule has 3 heterocycles. The van der Waals surface area contributed by atoms with Gasteiger partial charge in [0.25, 0.3) is 5.91 Å². The topological polar surface area (TPSA) is 119 Å². The van der Waals surface area contributed by atoms with E-state index in [9.17, 15) is 19.5 Å². The normalized spacial score (nSPS) is 11.2. The van der Waals surface area contributed by atoms with Gasteiger partial charge in [0.2, 0.25) is 5.28 Å². The third kappa shape index (κ3) is 5.18. The van der Waals surface area contributed by atoms with Crippen LogP contribution in [0.3, 0.4) is 0 Å². The van der Waals surface area contributed by atoms with Crippen LogP contribution in [0.4, 0.5) is 0 Å². The molecule has 0 radical (unpaired) electrons. The maximum Gasteiger partial charge on any atom is 0.323 e. The number of fused-ring (bicyclic) bond motifs is 1. The molecule has 0 bridgehead atoms. The molecule has 0 fully saturated rings. The smallest absolute Gasteiger partial charge is 0.323 e. The number of rotatable bonds is 9. The predicted octanol–water partition coefficient (Wildman–Crippen LogP) is 5.40. The van der Waals surface area contributed by atoms with Crippen LogP contribution in [0.25, 0.3) is 15.9 Å². The number of ketones is 1. The fraction of sp³-hybridized carbons (Fsp3) is 0.148. The molecule has 0 spiro atoms. The maximum atomic E-state index is 13.5. The van der Waals surface area contributed by atoms with E-state index in [0.717, 1.165) is 10.3 Å². The molecule has 3 aromatic heterocycles. The summed E-state index contributed by atoms with van der Waals surface area (Å²) < 4.78 is 2.97. The molecule has 12 heteroatoms. The number of aryl methyl sites for hydroxylation is 1. The number of carbonyl (C=O) groups is 3. The van der Waals surface area contributed by atoms with Crippen LogP contribution in [0.1, 0.15) is 44.0 Å². The van der Waals surface area contributed by atoms with Crippen molar-refractivity contribution in [2.45, 2.75) is 26.4 Å². The number of carboxylic acid groups (broad SMARTS) is 1. The Bertz CT molecular complexity index is 1740. The van der Waals surface area contributed by atoms with Gasteiger partial charge in [0.1, 0.15) is 17.2 Å². The second kappa shape index (κ2) is 11.0. The zero-order chi connectivity index (χ0) is 27.7. The summed E-state index contributed by atoms with van der Waals surface area (Å²) in [5.41, 5.74) is 1.56. The Hall–Kier alpha value is -3.99. The highest BCUT2D eigenvalue weighted by Gasteiger charge is 2.25. The minimum atomic E-state index is -1.07. The molecule has 0 aliphatic heterocycles. The van der Waals surface area contributed by atoms with E-state index >= 15 is 0 Å². The van der Waals surface area contributed by atoms with E-state index in [4.69, 9.17) is 23.2 Å². The SMILES string of the molecule is CCc1cc(C(=O)c2ccccc2Cl)c(-n2c(Cl)nnc2CNC(=O)c2cc3ccccc3n2CC(=O)O)s1. The quantitative estimate of drug-likeness (QED) is 0.225. The summed E-state index contributed by atoms with van der Waals surface area (Å²) in [5, 5.41) is 21.9. The number of hydrogen-bond donors (Lipinski definition) is 2. The highest BCUT2D eigenvalue weighted by Crippen LogP contribution is 2.33. The molecule has 0 saturated carbocycles. The predicted molar refractivity (Wildman–Crippen MR) is 149 cm³/mol. The minimum Gasteiger partial charge on any atom is -0.480 e. The van der Waals surface area contributed by atoms with Crippen molar-refractivity contribution in [2.75, 3.05) is 0 Å². The van der Waals surface area contributed by atoms with Crippen LogP contribution in [0.15, 0.2) is 60.7 Å². The fourth-order valence-corrected chi connectivity index (χ4v) is 5.89. The summed E-state index contributed by atoms with van der Waals surface area (Å²) in [5.74, 6) is -1.54.